The Labute approximate surface area is 537 Å². The Kier molecular flexibility index (Phi) is 57.6. The number of carbonyl (C=O) groups is 4. The van der Waals surface area contributed by atoms with E-state index in [1.54, 1.807) is 0 Å². The summed E-state index contributed by atoms with van der Waals surface area (Å²) in [5.74, 6) is 0.846. The van der Waals surface area contributed by atoms with Gasteiger partial charge in [0, 0.05) is 25.7 Å². The van der Waals surface area contributed by atoms with Crippen LogP contribution < -0.4 is 0 Å². The normalized spacial score (nSPS) is 14.6. The highest BCUT2D eigenvalue weighted by molar-refractivity contribution is 7.47. The van der Waals surface area contributed by atoms with Gasteiger partial charge in [-0.3, -0.25) is 37.3 Å². The van der Waals surface area contributed by atoms with E-state index < -0.39 is 97.5 Å². The van der Waals surface area contributed by atoms with Crippen molar-refractivity contribution in [3.63, 3.8) is 0 Å². The molecule has 19 heteroatoms. The van der Waals surface area contributed by atoms with Gasteiger partial charge < -0.3 is 33.8 Å². The lowest BCUT2D eigenvalue weighted by atomic mass is 10.00. The highest BCUT2D eigenvalue weighted by Crippen LogP contribution is 2.45. The van der Waals surface area contributed by atoms with Crippen LogP contribution in [0.1, 0.15) is 338 Å². The molecule has 0 aliphatic heterocycles. The van der Waals surface area contributed by atoms with Gasteiger partial charge in [-0.25, -0.2) is 9.13 Å². The number of phosphoric ester groups is 2. The lowest BCUT2D eigenvalue weighted by molar-refractivity contribution is -0.161. The minimum Gasteiger partial charge on any atom is -0.462 e. The van der Waals surface area contributed by atoms with E-state index in [4.69, 9.17) is 37.0 Å². The van der Waals surface area contributed by atoms with Crippen LogP contribution in [0.25, 0.3) is 0 Å². The topological polar surface area (TPSA) is 237 Å². The number of hydrogen-bond donors (Lipinski definition) is 3. The molecule has 0 saturated carbocycles. The van der Waals surface area contributed by atoms with Crippen molar-refractivity contribution in [1.82, 2.24) is 0 Å². The van der Waals surface area contributed by atoms with Crippen molar-refractivity contribution in [1.29, 1.82) is 0 Å². The molecule has 88 heavy (non-hydrogen) atoms. The van der Waals surface area contributed by atoms with Crippen LogP contribution >= 0.6 is 15.6 Å². The van der Waals surface area contributed by atoms with Crippen molar-refractivity contribution in [2.75, 3.05) is 39.6 Å². The Morgan fingerprint density at radius 3 is 0.807 bits per heavy atom. The number of unbranched alkanes of at least 4 members (excludes halogenated alkanes) is 31. The molecule has 0 aliphatic carbocycles. The molecule has 0 aromatic rings. The molecule has 6 atom stereocenters. The maximum absolute atomic E-state index is 13.0. The smallest absolute Gasteiger partial charge is 0.462 e. The fourth-order valence-electron chi connectivity index (χ4n) is 10.3. The van der Waals surface area contributed by atoms with Crippen molar-refractivity contribution in [3.05, 3.63) is 0 Å². The third-order valence-corrected chi connectivity index (χ3v) is 18.1. The number of ether oxygens (including phenoxy) is 4. The summed E-state index contributed by atoms with van der Waals surface area (Å²) in [4.78, 5) is 72.5. The van der Waals surface area contributed by atoms with Crippen LogP contribution in [-0.2, 0) is 65.4 Å². The molecule has 0 amide bonds. The Bertz CT molecular complexity index is 1750. The third-order valence-electron chi connectivity index (χ3n) is 16.2. The average Bonchev–Trinajstić information content (AvgIpc) is 3.60. The van der Waals surface area contributed by atoms with Gasteiger partial charge in [-0.2, -0.15) is 0 Å². The van der Waals surface area contributed by atoms with Gasteiger partial charge >= 0.3 is 39.5 Å². The summed E-state index contributed by atoms with van der Waals surface area (Å²) < 4.78 is 68.2. The average molecular weight is 1300 g/mol. The van der Waals surface area contributed by atoms with Crippen LogP contribution in [0.4, 0.5) is 0 Å². The highest BCUT2D eigenvalue weighted by Gasteiger charge is 2.30. The number of esters is 4. The van der Waals surface area contributed by atoms with Crippen LogP contribution in [0.2, 0.25) is 0 Å². The molecule has 0 saturated heterocycles. The molecule has 522 valence electrons. The molecule has 0 heterocycles. The second kappa shape index (κ2) is 58.8. The molecule has 0 aromatic carbocycles. The van der Waals surface area contributed by atoms with E-state index in [1.165, 1.54) is 135 Å². The first-order valence-corrected chi connectivity index (χ1v) is 38.7. The lowest BCUT2D eigenvalue weighted by Crippen LogP contribution is -2.30. The van der Waals surface area contributed by atoms with E-state index in [0.717, 1.165) is 120 Å². The maximum Gasteiger partial charge on any atom is 0.472 e. The summed E-state index contributed by atoms with van der Waals surface area (Å²) in [6, 6.07) is 0. The van der Waals surface area contributed by atoms with Crippen molar-refractivity contribution >= 4 is 39.5 Å². The number of aliphatic hydroxyl groups is 1. The van der Waals surface area contributed by atoms with Crippen LogP contribution in [0, 0.1) is 23.7 Å². The second-order valence-corrected chi connectivity index (χ2v) is 29.5. The zero-order valence-electron chi connectivity index (χ0n) is 57.3. The summed E-state index contributed by atoms with van der Waals surface area (Å²) in [7, 11) is -9.90. The molecule has 0 spiro atoms. The van der Waals surface area contributed by atoms with Gasteiger partial charge in [0.05, 0.1) is 26.4 Å². The predicted molar refractivity (Wildman–Crippen MR) is 354 cm³/mol. The molecule has 17 nitrogen and oxygen atoms in total. The first-order valence-electron chi connectivity index (χ1n) is 35.7. The van der Waals surface area contributed by atoms with E-state index in [1.807, 2.05) is 0 Å². The van der Waals surface area contributed by atoms with E-state index >= 15 is 0 Å². The molecule has 0 aromatic heterocycles. The third kappa shape index (κ3) is 61.6. The standard InChI is InChI=1S/C69H134O17P2/c1-9-62(8)48-40-32-27-28-34-42-50-67(72)80-56-65(86-68(73)51-43-35-25-19-13-11-16-22-30-38-46-60(4)5)58-84-88(77,78)82-54-63(70)53-81-87(75,76)83-57-64(85-69(74)52-44-36-26-20-14-17-23-31-39-47-61(6)7)55-79-66(71)49-41-33-24-18-12-10-15-21-29-37-45-59(2)3/h59-65,70H,9-58H2,1-8H3,(H,75,76)(H,77,78)/t62?,63-,64-,65-/m1/s1. The number of carbonyl (C=O) groups excluding carboxylic acids is 4. The Balaban J connectivity index is 5.27. The minimum atomic E-state index is -4.95. The van der Waals surface area contributed by atoms with E-state index in [-0.39, 0.29) is 25.7 Å². The zero-order chi connectivity index (χ0) is 65.4. The van der Waals surface area contributed by atoms with Gasteiger partial charge in [-0.05, 0) is 49.4 Å². The minimum absolute atomic E-state index is 0.104. The first kappa shape index (κ1) is 86.1. The summed E-state index contributed by atoms with van der Waals surface area (Å²) in [6.45, 7) is 14.1. The maximum atomic E-state index is 13.0. The predicted octanol–water partition coefficient (Wildman–Crippen LogP) is 19.3. The molecule has 0 radical (unpaired) electrons. The Morgan fingerprint density at radius 1 is 0.318 bits per heavy atom. The highest BCUT2D eigenvalue weighted by atomic mass is 31.2. The lowest BCUT2D eigenvalue weighted by Gasteiger charge is -2.21. The Hall–Kier alpha value is -1.94. The van der Waals surface area contributed by atoms with Gasteiger partial charge in [0.1, 0.15) is 19.3 Å². The molecule has 3 unspecified atom stereocenters. The number of hydrogen-bond acceptors (Lipinski definition) is 15. The van der Waals surface area contributed by atoms with Crippen molar-refractivity contribution in [2.24, 2.45) is 23.7 Å². The summed E-state index contributed by atoms with van der Waals surface area (Å²) in [6.07, 6.45) is 40.3. The van der Waals surface area contributed by atoms with Gasteiger partial charge in [-0.15, -0.1) is 0 Å². The van der Waals surface area contributed by atoms with Crippen LogP contribution in [-0.4, -0.2) is 96.7 Å². The fourth-order valence-corrected chi connectivity index (χ4v) is 11.9. The van der Waals surface area contributed by atoms with Crippen LogP contribution in [0.5, 0.6) is 0 Å². The zero-order valence-corrected chi connectivity index (χ0v) is 59.1. The van der Waals surface area contributed by atoms with Crippen LogP contribution in [0.15, 0.2) is 0 Å². The SMILES string of the molecule is CCC(C)CCCCCCCCC(=O)OC[C@H](COP(=O)(O)OC[C@H](O)COP(=O)(O)OC[C@@H](COC(=O)CCCCCCCCCCCCC(C)C)OC(=O)CCCCCCCCCCCC(C)C)OC(=O)CCCCCCCCCCCCC(C)C. The summed E-state index contributed by atoms with van der Waals surface area (Å²) in [5.41, 5.74) is 0. The van der Waals surface area contributed by atoms with Crippen LogP contribution in [0.3, 0.4) is 0 Å². The molecule has 3 N–H and O–H groups in total. The van der Waals surface area contributed by atoms with Crippen molar-refractivity contribution in [2.45, 2.75) is 356 Å². The molecule has 0 aliphatic rings. The van der Waals surface area contributed by atoms with Crippen molar-refractivity contribution < 1.29 is 80.2 Å². The number of aliphatic hydroxyl groups excluding tert-OH is 1. The monoisotopic (exact) mass is 1300 g/mol. The first-order chi connectivity index (χ1) is 42.1. The molecule has 0 rings (SSSR count). The van der Waals surface area contributed by atoms with Gasteiger partial charge in [-0.1, -0.05) is 287 Å². The molecular formula is C69H134O17P2. The van der Waals surface area contributed by atoms with E-state index in [2.05, 4.69) is 55.4 Å². The number of rotatable bonds is 66. The molecule has 0 bridgehead atoms. The van der Waals surface area contributed by atoms with E-state index in [0.29, 0.717) is 25.7 Å². The summed E-state index contributed by atoms with van der Waals surface area (Å²) in [5, 5.41) is 10.6. The summed E-state index contributed by atoms with van der Waals surface area (Å²) >= 11 is 0. The fraction of sp³-hybridized carbons (Fsp3) is 0.942. The molecular weight excluding hydrogens is 1160 g/mol. The molecule has 0 fully saturated rings. The van der Waals surface area contributed by atoms with Gasteiger partial charge in [0.15, 0.2) is 12.2 Å². The Morgan fingerprint density at radius 2 is 0.545 bits per heavy atom. The number of phosphoric acid groups is 2. The largest absolute Gasteiger partial charge is 0.472 e. The van der Waals surface area contributed by atoms with Gasteiger partial charge in [0.2, 0.25) is 0 Å². The quantitative estimate of drug-likeness (QED) is 0.0222. The van der Waals surface area contributed by atoms with Gasteiger partial charge in [0.25, 0.3) is 0 Å². The van der Waals surface area contributed by atoms with Crippen molar-refractivity contribution in [3.8, 4) is 0 Å². The second-order valence-electron chi connectivity index (χ2n) is 26.6. The van der Waals surface area contributed by atoms with E-state index in [9.17, 15) is 43.2 Å².